The number of anilines is 1. The molecule has 2 aliphatic rings. The second-order valence-corrected chi connectivity index (χ2v) is 7.17. The molecule has 0 atom stereocenters. The van der Waals surface area contributed by atoms with Gasteiger partial charge in [-0.15, -0.1) is 0 Å². The van der Waals surface area contributed by atoms with Crippen molar-refractivity contribution in [1.29, 1.82) is 0 Å². The van der Waals surface area contributed by atoms with Crippen molar-refractivity contribution in [1.82, 2.24) is 10.2 Å². The van der Waals surface area contributed by atoms with E-state index in [2.05, 4.69) is 10.6 Å². The minimum absolute atomic E-state index is 0.111. The van der Waals surface area contributed by atoms with Crippen LogP contribution in [-0.2, 0) is 19.1 Å². The topological polar surface area (TPSA) is 105 Å². The molecule has 0 aromatic heterocycles. The zero-order valence-corrected chi connectivity index (χ0v) is 15.7. The number of hydrogen-bond donors (Lipinski definition) is 2. The highest BCUT2D eigenvalue weighted by atomic mass is 35.5. The summed E-state index contributed by atoms with van der Waals surface area (Å²) in [4.78, 5) is 49.1. The summed E-state index contributed by atoms with van der Waals surface area (Å²) in [5.74, 6) is -2.28. The van der Waals surface area contributed by atoms with Gasteiger partial charge < -0.3 is 15.4 Å². The lowest BCUT2D eigenvalue weighted by Crippen LogP contribution is -2.44. The van der Waals surface area contributed by atoms with E-state index in [1.807, 2.05) is 0 Å². The van der Waals surface area contributed by atoms with E-state index in [1.165, 1.54) is 12.1 Å². The van der Waals surface area contributed by atoms with Gasteiger partial charge in [-0.05, 0) is 31.0 Å². The SMILES string of the molecule is O=C(COC(=O)CCN1C(=O)NC2(CCCC2)C1=O)Nc1ccc(F)c(Cl)c1. The Morgan fingerprint density at radius 1 is 1.29 bits per heavy atom. The molecule has 10 heteroatoms. The fourth-order valence-electron chi connectivity index (χ4n) is 3.39. The predicted molar refractivity (Wildman–Crippen MR) is 97.1 cm³/mol. The molecule has 150 valence electrons. The summed E-state index contributed by atoms with van der Waals surface area (Å²) in [5, 5.41) is 4.99. The highest BCUT2D eigenvalue weighted by molar-refractivity contribution is 6.31. The quantitative estimate of drug-likeness (QED) is 0.551. The van der Waals surface area contributed by atoms with Gasteiger partial charge in [0.1, 0.15) is 11.4 Å². The van der Waals surface area contributed by atoms with Crippen LogP contribution in [0.1, 0.15) is 32.1 Å². The van der Waals surface area contributed by atoms with Crippen LogP contribution in [0, 0.1) is 5.82 Å². The molecule has 4 amide bonds. The predicted octanol–water partition coefficient (Wildman–Crippen LogP) is 2.22. The van der Waals surface area contributed by atoms with Gasteiger partial charge in [0.05, 0.1) is 11.4 Å². The maximum absolute atomic E-state index is 13.1. The zero-order valence-electron chi connectivity index (χ0n) is 14.9. The van der Waals surface area contributed by atoms with Crippen molar-refractivity contribution in [3.63, 3.8) is 0 Å². The molecule has 1 aromatic rings. The molecule has 1 aliphatic carbocycles. The van der Waals surface area contributed by atoms with Gasteiger partial charge in [0, 0.05) is 12.2 Å². The lowest BCUT2D eigenvalue weighted by atomic mass is 9.98. The van der Waals surface area contributed by atoms with Crippen LogP contribution in [0.25, 0.3) is 0 Å². The Morgan fingerprint density at radius 2 is 2.00 bits per heavy atom. The van der Waals surface area contributed by atoms with Crippen molar-refractivity contribution >= 4 is 41.1 Å². The highest BCUT2D eigenvalue weighted by Crippen LogP contribution is 2.35. The Morgan fingerprint density at radius 3 is 2.68 bits per heavy atom. The van der Waals surface area contributed by atoms with Gasteiger partial charge in [-0.3, -0.25) is 19.3 Å². The largest absolute Gasteiger partial charge is 0.456 e. The van der Waals surface area contributed by atoms with Crippen molar-refractivity contribution < 1.29 is 28.3 Å². The van der Waals surface area contributed by atoms with Gasteiger partial charge in [-0.25, -0.2) is 9.18 Å². The van der Waals surface area contributed by atoms with Crippen LogP contribution < -0.4 is 10.6 Å². The van der Waals surface area contributed by atoms with Crippen LogP contribution in [0.2, 0.25) is 5.02 Å². The van der Waals surface area contributed by atoms with Crippen molar-refractivity contribution in [3.8, 4) is 0 Å². The Hall–Kier alpha value is -2.68. The summed E-state index contributed by atoms with van der Waals surface area (Å²) in [6.07, 6.45) is 2.73. The number of carbonyl (C=O) groups is 4. The molecule has 1 saturated heterocycles. The molecule has 2 N–H and O–H groups in total. The third kappa shape index (κ3) is 4.24. The molecule has 28 heavy (non-hydrogen) atoms. The lowest BCUT2D eigenvalue weighted by molar-refractivity contribution is -0.147. The van der Waals surface area contributed by atoms with Crippen molar-refractivity contribution in [3.05, 3.63) is 29.0 Å². The number of carbonyl (C=O) groups excluding carboxylic acids is 4. The molecule has 2 fully saturated rings. The van der Waals surface area contributed by atoms with Crippen molar-refractivity contribution in [2.24, 2.45) is 0 Å². The highest BCUT2D eigenvalue weighted by Gasteiger charge is 2.52. The van der Waals surface area contributed by atoms with Crippen LogP contribution in [-0.4, -0.2) is 47.4 Å². The molecule has 1 saturated carbocycles. The number of imide groups is 1. The van der Waals surface area contributed by atoms with Crippen molar-refractivity contribution in [2.75, 3.05) is 18.5 Å². The molecule has 1 spiro atoms. The smallest absolute Gasteiger partial charge is 0.325 e. The molecular weight excluding hydrogens is 393 g/mol. The van der Waals surface area contributed by atoms with Crippen LogP contribution in [0.3, 0.4) is 0 Å². The molecule has 1 aromatic carbocycles. The van der Waals surface area contributed by atoms with Crippen LogP contribution in [0.15, 0.2) is 18.2 Å². The third-order valence-corrected chi connectivity index (χ3v) is 5.10. The van der Waals surface area contributed by atoms with E-state index in [0.29, 0.717) is 12.8 Å². The zero-order chi connectivity index (χ0) is 20.3. The third-order valence-electron chi connectivity index (χ3n) is 4.81. The molecule has 3 rings (SSSR count). The number of halogens is 2. The van der Waals surface area contributed by atoms with Crippen LogP contribution in [0.4, 0.5) is 14.9 Å². The number of esters is 1. The van der Waals surface area contributed by atoms with Crippen molar-refractivity contribution in [2.45, 2.75) is 37.6 Å². The van der Waals surface area contributed by atoms with E-state index in [4.69, 9.17) is 16.3 Å². The maximum Gasteiger partial charge on any atom is 0.325 e. The van der Waals surface area contributed by atoms with Crippen LogP contribution in [0.5, 0.6) is 0 Å². The summed E-state index contributed by atoms with van der Waals surface area (Å²) < 4.78 is 17.9. The summed E-state index contributed by atoms with van der Waals surface area (Å²) in [6.45, 7) is -0.668. The first-order chi connectivity index (χ1) is 13.3. The first-order valence-corrected chi connectivity index (χ1v) is 9.23. The van der Waals surface area contributed by atoms with Gasteiger partial charge in [0.2, 0.25) is 0 Å². The summed E-state index contributed by atoms with van der Waals surface area (Å²) >= 11 is 5.62. The molecule has 0 radical (unpaired) electrons. The van der Waals surface area contributed by atoms with Gasteiger partial charge in [0.25, 0.3) is 11.8 Å². The van der Waals surface area contributed by atoms with Gasteiger partial charge >= 0.3 is 12.0 Å². The Bertz CT molecular complexity index is 825. The minimum atomic E-state index is -0.822. The molecule has 0 unspecified atom stereocenters. The maximum atomic E-state index is 13.1. The second kappa shape index (κ2) is 8.14. The average Bonchev–Trinajstić information content (AvgIpc) is 3.21. The fourth-order valence-corrected chi connectivity index (χ4v) is 3.57. The number of nitrogens with one attached hydrogen (secondary N) is 2. The number of benzene rings is 1. The van der Waals surface area contributed by atoms with Gasteiger partial charge in [-0.2, -0.15) is 0 Å². The molecule has 1 heterocycles. The second-order valence-electron chi connectivity index (χ2n) is 6.76. The number of ether oxygens (including phenoxy) is 1. The molecule has 0 bridgehead atoms. The van der Waals surface area contributed by atoms with E-state index in [9.17, 15) is 23.6 Å². The van der Waals surface area contributed by atoms with E-state index < -0.39 is 35.9 Å². The summed E-state index contributed by atoms with van der Waals surface area (Å²) in [6, 6.07) is 3.13. The number of urea groups is 1. The Labute approximate surface area is 165 Å². The lowest BCUT2D eigenvalue weighted by Gasteiger charge is -2.19. The number of rotatable bonds is 6. The molecular formula is C18H19ClFN3O5. The van der Waals surface area contributed by atoms with E-state index in [1.54, 1.807) is 0 Å². The average molecular weight is 412 g/mol. The van der Waals surface area contributed by atoms with Crippen LogP contribution >= 0.6 is 11.6 Å². The monoisotopic (exact) mass is 411 g/mol. The minimum Gasteiger partial charge on any atom is -0.456 e. The van der Waals surface area contributed by atoms with E-state index in [0.717, 1.165) is 23.8 Å². The Balaban J connectivity index is 1.43. The first-order valence-electron chi connectivity index (χ1n) is 8.85. The van der Waals surface area contributed by atoms with Gasteiger partial charge in [-0.1, -0.05) is 24.4 Å². The Kier molecular flexibility index (Phi) is 5.83. The molecule has 1 aliphatic heterocycles. The number of nitrogens with zero attached hydrogens (tertiary/aromatic N) is 1. The number of amides is 4. The summed E-state index contributed by atoms with van der Waals surface area (Å²) in [5.41, 5.74) is -0.564. The van der Waals surface area contributed by atoms with E-state index in [-0.39, 0.29) is 29.6 Å². The fraction of sp³-hybridized carbons (Fsp3) is 0.444. The normalized spacial score (nSPS) is 17.7. The van der Waals surface area contributed by atoms with E-state index >= 15 is 0 Å². The van der Waals surface area contributed by atoms with Gasteiger partial charge in [0.15, 0.2) is 6.61 Å². The number of hydrogen-bond acceptors (Lipinski definition) is 5. The standard InChI is InChI=1S/C18H19ClFN3O5/c19-12-9-11(3-4-13(12)20)21-14(24)10-28-15(25)5-8-23-16(26)18(22-17(23)27)6-1-2-7-18/h3-4,9H,1-2,5-8,10H2,(H,21,24)(H,22,27). The first kappa shape index (κ1) is 20.1. The molecule has 8 nitrogen and oxygen atoms in total. The summed E-state index contributed by atoms with van der Waals surface area (Å²) in [7, 11) is 0.